The minimum absolute atomic E-state index is 0.0197. The number of amidine groups is 1. The Kier molecular flexibility index (Phi) is 5.72. The minimum Gasteiger partial charge on any atom is -0.484 e. The number of rotatable bonds is 5. The Morgan fingerprint density at radius 3 is 2.88 bits per heavy atom. The Bertz CT molecular complexity index is 722. The number of hydrogen-bond acceptors (Lipinski definition) is 5. The smallest absolute Gasteiger partial charge is 0.266 e. The van der Waals surface area contributed by atoms with Crippen molar-refractivity contribution in [2.24, 2.45) is 4.99 Å². The van der Waals surface area contributed by atoms with Gasteiger partial charge in [0.25, 0.3) is 5.91 Å². The number of ether oxygens (including phenoxy) is 1. The number of aromatic nitrogens is 1. The van der Waals surface area contributed by atoms with Crippen molar-refractivity contribution in [3.05, 3.63) is 59.4 Å². The Morgan fingerprint density at radius 2 is 2.12 bits per heavy atom. The minimum atomic E-state index is -0.0973. The summed E-state index contributed by atoms with van der Waals surface area (Å²) in [7, 11) is 0. The van der Waals surface area contributed by atoms with Crippen molar-refractivity contribution in [3.8, 4) is 5.75 Å². The summed E-state index contributed by atoms with van der Waals surface area (Å²) in [5.41, 5.74) is 1.10. The van der Waals surface area contributed by atoms with Gasteiger partial charge in [-0.1, -0.05) is 29.4 Å². The summed E-state index contributed by atoms with van der Waals surface area (Å²) in [5.74, 6) is 1.25. The van der Waals surface area contributed by atoms with Gasteiger partial charge in [0.1, 0.15) is 5.75 Å². The first kappa shape index (κ1) is 16.8. The number of pyridine rings is 1. The molecule has 0 saturated heterocycles. The second kappa shape index (κ2) is 8.17. The van der Waals surface area contributed by atoms with E-state index in [9.17, 15) is 4.79 Å². The Balaban J connectivity index is 1.52. The van der Waals surface area contributed by atoms with Crippen molar-refractivity contribution < 1.29 is 9.53 Å². The second-order valence-corrected chi connectivity index (χ2v) is 6.48. The standard InChI is InChI=1S/C17H16ClN3O2S/c18-14-3-5-15(6-4-14)23-11-16(22)21-9-8-20-17(21)24-12-13-2-1-7-19-10-13/h1-7,10H,8-9,11-12H2. The van der Waals surface area contributed by atoms with Gasteiger partial charge in [0.2, 0.25) is 0 Å². The first-order valence-electron chi connectivity index (χ1n) is 7.47. The van der Waals surface area contributed by atoms with Gasteiger partial charge in [-0.3, -0.25) is 19.7 Å². The third-order valence-corrected chi connectivity index (χ3v) is 4.71. The van der Waals surface area contributed by atoms with Crippen molar-refractivity contribution in [2.75, 3.05) is 19.7 Å². The van der Waals surface area contributed by atoms with Gasteiger partial charge in [-0.05, 0) is 35.9 Å². The predicted molar refractivity (Wildman–Crippen MR) is 96.5 cm³/mol. The summed E-state index contributed by atoms with van der Waals surface area (Å²) in [6.45, 7) is 1.20. The number of nitrogens with zero attached hydrogens (tertiary/aromatic N) is 3. The molecule has 1 aliphatic heterocycles. The molecule has 2 heterocycles. The van der Waals surface area contributed by atoms with Crippen molar-refractivity contribution >= 4 is 34.4 Å². The molecular weight excluding hydrogens is 346 g/mol. The zero-order chi connectivity index (χ0) is 16.8. The van der Waals surface area contributed by atoms with E-state index in [1.807, 2.05) is 18.3 Å². The Labute approximate surface area is 149 Å². The van der Waals surface area contributed by atoms with E-state index < -0.39 is 0 Å². The van der Waals surface area contributed by atoms with E-state index >= 15 is 0 Å². The average Bonchev–Trinajstić information content (AvgIpc) is 3.09. The number of carbonyl (C=O) groups excluding carboxylic acids is 1. The van der Waals surface area contributed by atoms with Crippen molar-refractivity contribution in [1.29, 1.82) is 0 Å². The largest absolute Gasteiger partial charge is 0.484 e. The molecule has 0 radical (unpaired) electrons. The van der Waals surface area contributed by atoms with E-state index in [-0.39, 0.29) is 12.5 Å². The van der Waals surface area contributed by atoms with Crippen LogP contribution in [0, 0.1) is 0 Å². The summed E-state index contributed by atoms with van der Waals surface area (Å²) < 4.78 is 5.52. The van der Waals surface area contributed by atoms with E-state index in [4.69, 9.17) is 16.3 Å². The van der Waals surface area contributed by atoms with Gasteiger partial charge in [0.15, 0.2) is 11.8 Å². The second-order valence-electron chi connectivity index (χ2n) is 5.10. The lowest BCUT2D eigenvalue weighted by molar-refractivity contribution is -0.128. The zero-order valence-electron chi connectivity index (χ0n) is 12.9. The molecule has 1 amide bonds. The maximum Gasteiger partial charge on any atom is 0.266 e. The lowest BCUT2D eigenvalue weighted by Gasteiger charge is -2.18. The van der Waals surface area contributed by atoms with Crippen LogP contribution in [0.25, 0.3) is 0 Å². The van der Waals surface area contributed by atoms with E-state index in [0.717, 1.165) is 16.5 Å². The molecule has 24 heavy (non-hydrogen) atoms. The number of benzene rings is 1. The number of amides is 1. The number of hydrogen-bond donors (Lipinski definition) is 0. The number of carbonyl (C=O) groups is 1. The lowest BCUT2D eigenvalue weighted by Crippen LogP contribution is -2.36. The fourth-order valence-electron chi connectivity index (χ4n) is 2.17. The van der Waals surface area contributed by atoms with E-state index in [0.29, 0.717) is 23.9 Å². The SMILES string of the molecule is O=C(COc1ccc(Cl)cc1)N1CCN=C1SCc1cccnc1. The lowest BCUT2D eigenvalue weighted by atomic mass is 10.3. The van der Waals surface area contributed by atoms with Gasteiger partial charge >= 0.3 is 0 Å². The van der Waals surface area contributed by atoms with E-state index in [1.54, 1.807) is 35.4 Å². The summed E-state index contributed by atoms with van der Waals surface area (Å²) in [6, 6.07) is 10.8. The molecule has 0 fully saturated rings. The van der Waals surface area contributed by atoms with Gasteiger partial charge in [0.05, 0.1) is 6.54 Å². The van der Waals surface area contributed by atoms with Crippen LogP contribution in [-0.4, -0.2) is 40.7 Å². The van der Waals surface area contributed by atoms with Crippen molar-refractivity contribution in [3.63, 3.8) is 0 Å². The predicted octanol–water partition coefficient (Wildman–Crippen LogP) is 3.25. The maximum atomic E-state index is 12.4. The fraction of sp³-hybridized carbons (Fsp3) is 0.235. The van der Waals surface area contributed by atoms with E-state index in [2.05, 4.69) is 9.98 Å². The normalized spacial score (nSPS) is 13.7. The molecule has 0 N–H and O–H groups in total. The van der Waals surface area contributed by atoms with Crippen LogP contribution >= 0.6 is 23.4 Å². The highest BCUT2D eigenvalue weighted by Crippen LogP contribution is 2.20. The fourth-order valence-corrected chi connectivity index (χ4v) is 3.29. The van der Waals surface area contributed by atoms with Gasteiger partial charge in [-0.2, -0.15) is 0 Å². The molecule has 124 valence electrons. The topological polar surface area (TPSA) is 54.8 Å². The van der Waals surface area contributed by atoms with Crippen LogP contribution in [0.5, 0.6) is 5.75 Å². The molecule has 1 aliphatic rings. The highest BCUT2D eigenvalue weighted by Gasteiger charge is 2.24. The first-order valence-corrected chi connectivity index (χ1v) is 8.83. The number of aliphatic imine (C=N–C) groups is 1. The third-order valence-electron chi connectivity index (χ3n) is 3.37. The quantitative estimate of drug-likeness (QED) is 0.820. The molecule has 2 aromatic rings. The van der Waals surface area contributed by atoms with E-state index in [1.165, 1.54) is 11.8 Å². The molecule has 3 rings (SSSR count). The summed E-state index contributed by atoms with van der Waals surface area (Å²) in [6.07, 6.45) is 3.56. The molecular formula is C17H16ClN3O2S. The van der Waals surface area contributed by atoms with Crippen LogP contribution in [-0.2, 0) is 10.5 Å². The van der Waals surface area contributed by atoms with Crippen LogP contribution in [0.15, 0.2) is 53.8 Å². The molecule has 0 atom stereocenters. The van der Waals surface area contributed by atoms with Gasteiger partial charge in [-0.15, -0.1) is 0 Å². The molecule has 0 saturated carbocycles. The molecule has 1 aromatic heterocycles. The average molecular weight is 362 g/mol. The number of halogens is 1. The van der Waals surface area contributed by atoms with Gasteiger partial charge in [0, 0.05) is 29.7 Å². The number of thioether (sulfide) groups is 1. The molecule has 0 unspecified atom stereocenters. The van der Waals surface area contributed by atoms with Crippen LogP contribution in [0.3, 0.4) is 0 Å². The van der Waals surface area contributed by atoms with Crippen LogP contribution in [0.1, 0.15) is 5.56 Å². The van der Waals surface area contributed by atoms with Crippen LogP contribution in [0.4, 0.5) is 0 Å². The van der Waals surface area contributed by atoms with Gasteiger partial charge in [-0.25, -0.2) is 0 Å². The summed E-state index contributed by atoms with van der Waals surface area (Å²) >= 11 is 7.37. The zero-order valence-corrected chi connectivity index (χ0v) is 14.5. The maximum absolute atomic E-state index is 12.4. The molecule has 5 nitrogen and oxygen atoms in total. The molecule has 0 bridgehead atoms. The summed E-state index contributed by atoms with van der Waals surface area (Å²) in [4.78, 5) is 22.6. The molecule has 1 aromatic carbocycles. The Morgan fingerprint density at radius 1 is 1.29 bits per heavy atom. The highest BCUT2D eigenvalue weighted by atomic mass is 35.5. The Hall–Kier alpha value is -2.05. The monoisotopic (exact) mass is 361 g/mol. The molecule has 0 spiro atoms. The van der Waals surface area contributed by atoms with Crippen LogP contribution < -0.4 is 4.74 Å². The first-order chi connectivity index (χ1) is 11.7. The molecule has 7 heteroatoms. The third kappa shape index (κ3) is 4.49. The van der Waals surface area contributed by atoms with Crippen molar-refractivity contribution in [1.82, 2.24) is 9.88 Å². The van der Waals surface area contributed by atoms with Gasteiger partial charge < -0.3 is 4.74 Å². The molecule has 0 aliphatic carbocycles. The van der Waals surface area contributed by atoms with Crippen molar-refractivity contribution in [2.45, 2.75) is 5.75 Å². The summed E-state index contributed by atoms with van der Waals surface area (Å²) in [5, 5.41) is 1.37. The highest BCUT2D eigenvalue weighted by molar-refractivity contribution is 8.13. The van der Waals surface area contributed by atoms with Crippen LogP contribution in [0.2, 0.25) is 5.02 Å².